The molecule has 0 aromatic carbocycles. The molecule has 1 saturated heterocycles. The zero-order valence-corrected chi connectivity index (χ0v) is 17.2. The number of furan rings is 1. The van der Waals surface area contributed by atoms with E-state index in [9.17, 15) is 4.79 Å². The molecular formula is C20H35N5O2. The number of hydrogen-bond donors (Lipinski definition) is 3. The van der Waals surface area contributed by atoms with E-state index in [0.29, 0.717) is 19.1 Å². The zero-order valence-electron chi connectivity index (χ0n) is 17.2. The van der Waals surface area contributed by atoms with Crippen molar-refractivity contribution in [3.63, 3.8) is 0 Å². The highest BCUT2D eigenvalue weighted by atomic mass is 16.3. The number of aryl methyl sites for hydroxylation is 2. The van der Waals surface area contributed by atoms with Crippen LogP contribution in [0.25, 0.3) is 0 Å². The summed E-state index contributed by atoms with van der Waals surface area (Å²) < 4.78 is 5.58. The first-order chi connectivity index (χ1) is 13.0. The molecule has 1 aromatic rings. The van der Waals surface area contributed by atoms with Crippen LogP contribution in [-0.4, -0.2) is 55.5 Å². The highest BCUT2D eigenvalue weighted by Gasteiger charge is 2.21. The van der Waals surface area contributed by atoms with E-state index in [4.69, 9.17) is 9.41 Å². The minimum atomic E-state index is 0.129. The minimum Gasteiger partial charge on any atom is -0.466 e. The Morgan fingerprint density at radius 2 is 2.00 bits per heavy atom. The summed E-state index contributed by atoms with van der Waals surface area (Å²) >= 11 is 0. The maximum atomic E-state index is 11.9. The number of guanidine groups is 1. The lowest BCUT2D eigenvalue weighted by Gasteiger charge is -2.32. The van der Waals surface area contributed by atoms with Crippen molar-refractivity contribution in [1.82, 2.24) is 20.9 Å². The normalized spacial score (nSPS) is 16.4. The molecule has 1 aliphatic rings. The third-order valence-corrected chi connectivity index (χ3v) is 4.76. The molecule has 0 saturated carbocycles. The van der Waals surface area contributed by atoms with Crippen molar-refractivity contribution < 1.29 is 9.21 Å². The molecule has 1 fully saturated rings. The van der Waals surface area contributed by atoms with Gasteiger partial charge in [-0.05, 0) is 46.1 Å². The van der Waals surface area contributed by atoms with Crippen LogP contribution < -0.4 is 16.0 Å². The van der Waals surface area contributed by atoms with Crippen molar-refractivity contribution in [2.24, 2.45) is 4.99 Å². The number of amides is 1. The van der Waals surface area contributed by atoms with Gasteiger partial charge in [0.05, 0.1) is 13.1 Å². The van der Waals surface area contributed by atoms with Crippen molar-refractivity contribution >= 4 is 11.9 Å². The number of nitrogens with zero attached hydrogens (tertiary/aromatic N) is 2. The van der Waals surface area contributed by atoms with Gasteiger partial charge in [-0.3, -0.25) is 9.69 Å². The first-order valence-corrected chi connectivity index (χ1v) is 10.1. The van der Waals surface area contributed by atoms with Crippen LogP contribution in [0.5, 0.6) is 0 Å². The molecular weight excluding hydrogens is 342 g/mol. The standard InChI is InChI=1S/C20H35N5O2/c1-5-9-22-19(26)14-25-10-7-18(8-11-25)24-20(21-6-2)23-13-17-12-15(3)27-16(17)4/h12,18H,5-11,13-14H2,1-4H3,(H,22,26)(H2,21,23,24). The largest absolute Gasteiger partial charge is 0.466 e. The van der Waals surface area contributed by atoms with Crippen molar-refractivity contribution in [2.75, 3.05) is 32.7 Å². The Bertz CT molecular complexity index is 618. The number of nitrogens with one attached hydrogen (secondary N) is 3. The second-order valence-electron chi connectivity index (χ2n) is 7.18. The smallest absolute Gasteiger partial charge is 0.234 e. The molecule has 0 bridgehead atoms. The van der Waals surface area contributed by atoms with Crippen LogP contribution in [-0.2, 0) is 11.3 Å². The molecule has 1 amide bonds. The second-order valence-corrected chi connectivity index (χ2v) is 7.18. The van der Waals surface area contributed by atoms with Crippen molar-refractivity contribution in [3.05, 3.63) is 23.2 Å². The Kier molecular flexibility index (Phi) is 8.64. The summed E-state index contributed by atoms with van der Waals surface area (Å²) in [6.45, 7) is 12.6. The summed E-state index contributed by atoms with van der Waals surface area (Å²) in [5.41, 5.74) is 1.12. The second kappa shape index (κ2) is 11.0. The fourth-order valence-corrected chi connectivity index (χ4v) is 3.28. The topological polar surface area (TPSA) is 81.9 Å². The molecule has 2 rings (SSSR count). The quantitative estimate of drug-likeness (QED) is 0.476. The Morgan fingerprint density at radius 3 is 2.59 bits per heavy atom. The van der Waals surface area contributed by atoms with E-state index in [1.165, 1.54) is 0 Å². The lowest BCUT2D eigenvalue weighted by atomic mass is 10.1. The Morgan fingerprint density at radius 1 is 1.26 bits per heavy atom. The van der Waals surface area contributed by atoms with Gasteiger partial charge in [0, 0.05) is 37.8 Å². The molecule has 1 aromatic heterocycles. The minimum absolute atomic E-state index is 0.129. The Balaban J connectivity index is 1.80. The van der Waals surface area contributed by atoms with E-state index in [1.54, 1.807) is 0 Å². The maximum Gasteiger partial charge on any atom is 0.234 e. The third-order valence-electron chi connectivity index (χ3n) is 4.76. The molecule has 2 heterocycles. The summed E-state index contributed by atoms with van der Waals surface area (Å²) in [4.78, 5) is 18.8. The monoisotopic (exact) mass is 377 g/mol. The summed E-state index contributed by atoms with van der Waals surface area (Å²) in [5, 5.41) is 9.81. The zero-order chi connectivity index (χ0) is 19.6. The number of piperidine rings is 1. The van der Waals surface area contributed by atoms with E-state index < -0.39 is 0 Å². The number of likely N-dealkylation sites (tertiary alicyclic amines) is 1. The van der Waals surface area contributed by atoms with Gasteiger partial charge in [0.25, 0.3) is 0 Å². The summed E-state index contributed by atoms with van der Waals surface area (Å²) in [6.07, 6.45) is 2.99. The molecule has 0 radical (unpaired) electrons. The van der Waals surface area contributed by atoms with Crippen LogP contribution in [0, 0.1) is 13.8 Å². The van der Waals surface area contributed by atoms with Gasteiger partial charge in [0.1, 0.15) is 11.5 Å². The van der Waals surface area contributed by atoms with Gasteiger partial charge >= 0.3 is 0 Å². The molecule has 152 valence electrons. The fraction of sp³-hybridized carbons (Fsp3) is 0.700. The number of rotatable bonds is 8. The van der Waals surface area contributed by atoms with Crippen LogP contribution in [0.1, 0.15) is 50.2 Å². The lowest BCUT2D eigenvalue weighted by Crippen LogP contribution is -2.50. The van der Waals surface area contributed by atoms with Crippen LogP contribution in [0.15, 0.2) is 15.5 Å². The first-order valence-electron chi connectivity index (χ1n) is 10.1. The van der Waals surface area contributed by atoms with Gasteiger partial charge in [0.15, 0.2) is 5.96 Å². The highest BCUT2D eigenvalue weighted by Crippen LogP contribution is 2.15. The van der Waals surface area contributed by atoms with Gasteiger partial charge in [-0.15, -0.1) is 0 Å². The van der Waals surface area contributed by atoms with E-state index in [1.807, 2.05) is 19.9 Å². The summed E-state index contributed by atoms with van der Waals surface area (Å²) in [6, 6.07) is 2.43. The first kappa shape index (κ1) is 21.3. The van der Waals surface area contributed by atoms with Crippen molar-refractivity contribution in [2.45, 2.75) is 59.5 Å². The SMILES string of the molecule is CCCNC(=O)CN1CCC(NC(=NCc2cc(C)oc2C)NCC)CC1. The molecule has 0 aliphatic carbocycles. The van der Waals surface area contributed by atoms with Gasteiger partial charge < -0.3 is 20.4 Å². The van der Waals surface area contributed by atoms with Gasteiger partial charge in [-0.2, -0.15) is 0 Å². The van der Waals surface area contributed by atoms with E-state index in [0.717, 1.165) is 68.5 Å². The van der Waals surface area contributed by atoms with Crippen molar-refractivity contribution in [1.29, 1.82) is 0 Å². The molecule has 7 heteroatoms. The average molecular weight is 378 g/mol. The molecule has 0 spiro atoms. The summed E-state index contributed by atoms with van der Waals surface area (Å²) in [5.74, 6) is 2.83. The molecule has 27 heavy (non-hydrogen) atoms. The average Bonchev–Trinajstić information content (AvgIpc) is 2.97. The van der Waals surface area contributed by atoms with Crippen LogP contribution in [0.4, 0.5) is 0 Å². The van der Waals surface area contributed by atoms with E-state index in [-0.39, 0.29) is 5.91 Å². The number of carbonyl (C=O) groups is 1. The predicted molar refractivity (Wildman–Crippen MR) is 109 cm³/mol. The third kappa shape index (κ3) is 7.25. The number of carbonyl (C=O) groups excluding carboxylic acids is 1. The van der Waals surface area contributed by atoms with Crippen LogP contribution >= 0.6 is 0 Å². The molecule has 1 aliphatic heterocycles. The maximum absolute atomic E-state index is 11.9. The number of hydrogen-bond acceptors (Lipinski definition) is 4. The molecule has 7 nitrogen and oxygen atoms in total. The van der Waals surface area contributed by atoms with Crippen LogP contribution in [0.2, 0.25) is 0 Å². The lowest BCUT2D eigenvalue weighted by molar-refractivity contribution is -0.122. The summed E-state index contributed by atoms with van der Waals surface area (Å²) in [7, 11) is 0. The van der Waals surface area contributed by atoms with Gasteiger partial charge in [-0.25, -0.2) is 4.99 Å². The van der Waals surface area contributed by atoms with Crippen molar-refractivity contribution in [3.8, 4) is 0 Å². The van der Waals surface area contributed by atoms with Gasteiger partial charge in [0.2, 0.25) is 5.91 Å². The molecule has 0 unspecified atom stereocenters. The Hall–Kier alpha value is -2.02. The van der Waals surface area contributed by atoms with E-state index >= 15 is 0 Å². The fourth-order valence-electron chi connectivity index (χ4n) is 3.28. The number of aliphatic imine (C=N–C) groups is 1. The van der Waals surface area contributed by atoms with Gasteiger partial charge in [-0.1, -0.05) is 6.92 Å². The predicted octanol–water partition coefficient (Wildman–Crippen LogP) is 1.94. The van der Waals surface area contributed by atoms with E-state index in [2.05, 4.69) is 34.7 Å². The highest BCUT2D eigenvalue weighted by molar-refractivity contribution is 5.80. The molecule has 0 atom stereocenters. The Labute approximate surface area is 163 Å². The van der Waals surface area contributed by atoms with Crippen LogP contribution in [0.3, 0.4) is 0 Å². The molecule has 3 N–H and O–H groups in total.